The van der Waals surface area contributed by atoms with Crippen molar-refractivity contribution in [3.8, 4) is 11.1 Å². The maximum absolute atomic E-state index is 13.5. The van der Waals surface area contributed by atoms with Gasteiger partial charge in [0.05, 0.1) is 0 Å². The predicted octanol–water partition coefficient (Wildman–Crippen LogP) is 4.76. The lowest BCUT2D eigenvalue weighted by Crippen LogP contribution is -1.87. The molecular formula is C14H12ClF. The molecule has 0 bridgehead atoms. The molecule has 0 spiro atoms. The molecule has 2 rings (SSSR count). The minimum atomic E-state index is -0.183. The van der Waals surface area contributed by atoms with Gasteiger partial charge in [-0.15, -0.1) is 0 Å². The van der Waals surface area contributed by atoms with E-state index < -0.39 is 0 Å². The first kappa shape index (κ1) is 11.2. The topological polar surface area (TPSA) is 0 Å². The van der Waals surface area contributed by atoms with Crippen molar-refractivity contribution in [3.05, 3.63) is 58.4 Å². The van der Waals surface area contributed by atoms with Crippen molar-refractivity contribution in [2.75, 3.05) is 0 Å². The zero-order valence-electron chi connectivity index (χ0n) is 9.22. The van der Waals surface area contributed by atoms with Gasteiger partial charge in [-0.1, -0.05) is 29.8 Å². The van der Waals surface area contributed by atoms with Crippen molar-refractivity contribution < 1.29 is 4.39 Å². The van der Waals surface area contributed by atoms with E-state index in [4.69, 9.17) is 11.6 Å². The second kappa shape index (κ2) is 4.26. The highest BCUT2D eigenvalue weighted by Gasteiger charge is 2.05. The lowest BCUT2D eigenvalue weighted by molar-refractivity contribution is 0.619. The third-order valence-electron chi connectivity index (χ3n) is 2.68. The molecule has 0 amide bonds. The fourth-order valence-electron chi connectivity index (χ4n) is 1.67. The van der Waals surface area contributed by atoms with Crippen LogP contribution < -0.4 is 0 Å². The summed E-state index contributed by atoms with van der Waals surface area (Å²) in [6, 6.07) is 10.9. The van der Waals surface area contributed by atoms with E-state index in [1.54, 1.807) is 19.1 Å². The Labute approximate surface area is 99.7 Å². The maximum Gasteiger partial charge on any atom is 0.126 e. The van der Waals surface area contributed by atoms with Gasteiger partial charge in [-0.3, -0.25) is 0 Å². The number of hydrogen-bond acceptors (Lipinski definition) is 0. The molecule has 16 heavy (non-hydrogen) atoms. The van der Waals surface area contributed by atoms with Gasteiger partial charge in [0.25, 0.3) is 0 Å². The van der Waals surface area contributed by atoms with Crippen LogP contribution in [-0.2, 0) is 0 Å². The Morgan fingerprint density at radius 3 is 2.31 bits per heavy atom. The molecule has 0 radical (unpaired) electrons. The lowest BCUT2D eigenvalue weighted by atomic mass is 9.99. The maximum atomic E-state index is 13.5. The Morgan fingerprint density at radius 1 is 0.938 bits per heavy atom. The monoisotopic (exact) mass is 234 g/mol. The summed E-state index contributed by atoms with van der Waals surface area (Å²) in [7, 11) is 0. The van der Waals surface area contributed by atoms with Gasteiger partial charge in [-0.2, -0.15) is 0 Å². The molecular weight excluding hydrogens is 223 g/mol. The van der Waals surface area contributed by atoms with Crippen molar-refractivity contribution in [1.82, 2.24) is 0 Å². The lowest BCUT2D eigenvalue weighted by Gasteiger charge is -2.07. The van der Waals surface area contributed by atoms with Crippen molar-refractivity contribution in [2.24, 2.45) is 0 Å². The molecule has 0 aliphatic rings. The molecule has 0 aromatic heterocycles. The van der Waals surface area contributed by atoms with Crippen molar-refractivity contribution >= 4 is 11.6 Å². The van der Waals surface area contributed by atoms with Gasteiger partial charge in [0.2, 0.25) is 0 Å². The molecule has 0 saturated carbocycles. The summed E-state index contributed by atoms with van der Waals surface area (Å²) < 4.78 is 13.5. The van der Waals surface area contributed by atoms with Crippen molar-refractivity contribution in [2.45, 2.75) is 13.8 Å². The zero-order valence-corrected chi connectivity index (χ0v) is 9.98. The number of halogens is 2. The van der Waals surface area contributed by atoms with Gasteiger partial charge < -0.3 is 0 Å². The molecule has 0 fully saturated rings. The van der Waals surface area contributed by atoms with Gasteiger partial charge in [0.1, 0.15) is 5.82 Å². The Kier molecular flexibility index (Phi) is 2.97. The quantitative estimate of drug-likeness (QED) is 0.667. The fraction of sp³-hybridized carbons (Fsp3) is 0.143. The minimum absolute atomic E-state index is 0.183. The highest BCUT2D eigenvalue weighted by molar-refractivity contribution is 6.30. The molecule has 0 N–H and O–H groups in total. The van der Waals surface area contributed by atoms with Crippen LogP contribution in [0.5, 0.6) is 0 Å². The summed E-state index contributed by atoms with van der Waals surface area (Å²) in [6.45, 7) is 3.74. The van der Waals surface area contributed by atoms with E-state index in [-0.39, 0.29) is 5.82 Å². The minimum Gasteiger partial charge on any atom is -0.207 e. The normalized spacial score (nSPS) is 10.5. The van der Waals surface area contributed by atoms with E-state index in [0.29, 0.717) is 10.6 Å². The van der Waals surface area contributed by atoms with Gasteiger partial charge in [-0.25, -0.2) is 4.39 Å². The van der Waals surface area contributed by atoms with E-state index in [9.17, 15) is 4.39 Å². The molecule has 0 saturated heterocycles. The van der Waals surface area contributed by atoms with Gasteiger partial charge in [-0.05, 0) is 54.3 Å². The highest BCUT2D eigenvalue weighted by Crippen LogP contribution is 2.27. The highest BCUT2D eigenvalue weighted by atomic mass is 35.5. The van der Waals surface area contributed by atoms with Crippen LogP contribution in [0.25, 0.3) is 11.1 Å². The summed E-state index contributed by atoms with van der Waals surface area (Å²) in [5.74, 6) is -0.183. The molecule has 82 valence electrons. The first-order valence-electron chi connectivity index (χ1n) is 5.10. The van der Waals surface area contributed by atoms with Crippen LogP contribution in [0, 0.1) is 19.7 Å². The summed E-state index contributed by atoms with van der Waals surface area (Å²) in [4.78, 5) is 0. The van der Waals surface area contributed by atoms with Crippen LogP contribution in [0.4, 0.5) is 4.39 Å². The molecule has 2 aromatic carbocycles. The molecule has 0 atom stereocenters. The van der Waals surface area contributed by atoms with Crippen LogP contribution in [0.1, 0.15) is 11.1 Å². The van der Waals surface area contributed by atoms with Gasteiger partial charge in [0.15, 0.2) is 0 Å². The molecule has 2 aromatic rings. The van der Waals surface area contributed by atoms with Crippen LogP contribution in [0.2, 0.25) is 5.02 Å². The van der Waals surface area contributed by atoms with E-state index in [0.717, 1.165) is 16.7 Å². The third kappa shape index (κ3) is 2.10. The average Bonchev–Trinajstić information content (AvgIpc) is 2.26. The van der Waals surface area contributed by atoms with Gasteiger partial charge >= 0.3 is 0 Å². The Morgan fingerprint density at radius 2 is 1.62 bits per heavy atom. The summed E-state index contributed by atoms with van der Waals surface area (Å²) >= 11 is 5.94. The van der Waals surface area contributed by atoms with E-state index in [1.165, 1.54) is 0 Å². The first-order chi connectivity index (χ1) is 7.58. The standard InChI is InChI=1S/C14H12ClF/c1-9-4-6-12(15)8-13(9)11-5-3-10(2)14(16)7-11/h3-8H,1-2H3. The molecule has 0 aliphatic carbocycles. The SMILES string of the molecule is Cc1ccc(-c2cc(Cl)ccc2C)cc1F. The summed E-state index contributed by atoms with van der Waals surface area (Å²) in [6.07, 6.45) is 0. The van der Waals surface area contributed by atoms with Crippen LogP contribution in [0.15, 0.2) is 36.4 Å². The fourth-order valence-corrected chi connectivity index (χ4v) is 1.84. The van der Waals surface area contributed by atoms with Gasteiger partial charge in [0, 0.05) is 5.02 Å². The third-order valence-corrected chi connectivity index (χ3v) is 2.92. The summed E-state index contributed by atoms with van der Waals surface area (Å²) in [5, 5.41) is 0.668. The number of aryl methyl sites for hydroxylation is 2. The number of rotatable bonds is 1. The molecule has 0 aliphatic heterocycles. The summed E-state index contributed by atoms with van der Waals surface area (Å²) in [5.41, 5.74) is 3.59. The second-order valence-corrected chi connectivity index (χ2v) is 4.36. The van der Waals surface area contributed by atoms with Crippen LogP contribution in [0.3, 0.4) is 0 Å². The average molecular weight is 235 g/mol. The Balaban J connectivity index is 2.58. The molecule has 0 unspecified atom stereocenters. The first-order valence-corrected chi connectivity index (χ1v) is 5.48. The van der Waals surface area contributed by atoms with E-state index in [2.05, 4.69) is 0 Å². The van der Waals surface area contributed by atoms with Crippen molar-refractivity contribution in [3.63, 3.8) is 0 Å². The smallest absolute Gasteiger partial charge is 0.126 e. The van der Waals surface area contributed by atoms with Crippen LogP contribution in [-0.4, -0.2) is 0 Å². The number of hydrogen-bond donors (Lipinski definition) is 0. The molecule has 2 heteroatoms. The predicted molar refractivity (Wildman–Crippen MR) is 66.3 cm³/mol. The Bertz CT molecular complexity index is 532. The molecule has 0 nitrogen and oxygen atoms in total. The van der Waals surface area contributed by atoms with E-state index >= 15 is 0 Å². The van der Waals surface area contributed by atoms with E-state index in [1.807, 2.05) is 31.2 Å². The van der Waals surface area contributed by atoms with Crippen LogP contribution >= 0.6 is 11.6 Å². The largest absolute Gasteiger partial charge is 0.207 e. The molecule has 0 heterocycles. The second-order valence-electron chi connectivity index (χ2n) is 3.92. The van der Waals surface area contributed by atoms with Crippen molar-refractivity contribution in [1.29, 1.82) is 0 Å². The number of benzene rings is 2. The Hall–Kier alpha value is -1.34. The zero-order chi connectivity index (χ0) is 11.7.